The van der Waals surface area contributed by atoms with Crippen LogP contribution in [-0.4, -0.2) is 15.0 Å². The quantitative estimate of drug-likeness (QED) is 0.171. The average molecular weight is 670 g/mol. The largest absolute Gasteiger partial charge is 0.208 e. The summed E-state index contributed by atoms with van der Waals surface area (Å²) in [7, 11) is 0. The van der Waals surface area contributed by atoms with Gasteiger partial charge in [-0.1, -0.05) is 140 Å². The molecule has 52 heavy (non-hydrogen) atoms. The average Bonchev–Trinajstić information content (AvgIpc) is 3.20. The van der Waals surface area contributed by atoms with Crippen LogP contribution in [0.5, 0.6) is 0 Å². The van der Waals surface area contributed by atoms with Gasteiger partial charge >= 0.3 is 0 Å². The van der Waals surface area contributed by atoms with Gasteiger partial charge in [0.25, 0.3) is 0 Å². The first kappa shape index (κ1) is 30.0. The molecule has 3 nitrogen and oxygen atoms in total. The maximum atomic E-state index is 5.33. The first-order chi connectivity index (χ1) is 25.7. The van der Waals surface area contributed by atoms with Gasteiger partial charge in [-0.05, 0) is 117 Å². The monoisotopic (exact) mass is 669 g/mol. The minimum atomic E-state index is 0.353. The molecule has 0 unspecified atom stereocenters. The Morgan fingerprint density at radius 3 is 1.62 bits per heavy atom. The molecule has 4 aliphatic carbocycles. The molecule has 0 N–H and O–H groups in total. The highest BCUT2D eigenvalue weighted by Crippen LogP contribution is 2.60. The molecular formula is C49H39N3. The lowest BCUT2D eigenvalue weighted by molar-refractivity contribution is -0.00518. The van der Waals surface area contributed by atoms with Crippen LogP contribution in [0.15, 0.2) is 146 Å². The highest BCUT2D eigenvalue weighted by Gasteiger charge is 2.51. The van der Waals surface area contributed by atoms with Crippen LogP contribution < -0.4 is 0 Å². The Hall–Kier alpha value is -5.67. The molecule has 8 aromatic rings. The summed E-state index contributed by atoms with van der Waals surface area (Å²) in [4.78, 5) is 15.9. The van der Waals surface area contributed by atoms with Crippen molar-refractivity contribution in [3.63, 3.8) is 0 Å². The molecule has 0 spiro atoms. The molecule has 1 aromatic heterocycles. The third-order valence-electron chi connectivity index (χ3n) is 12.7. The maximum absolute atomic E-state index is 5.33. The van der Waals surface area contributed by atoms with E-state index in [4.69, 9.17) is 15.0 Å². The predicted molar refractivity (Wildman–Crippen MR) is 214 cm³/mol. The number of hydrogen-bond donors (Lipinski definition) is 0. The van der Waals surface area contributed by atoms with Crippen molar-refractivity contribution in [1.82, 2.24) is 15.0 Å². The summed E-state index contributed by atoms with van der Waals surface area (Å²) in [5, 5.41) is 7.08. The van der Waals surface area contributed by atoms with Crippen molar-refractivity contribution >= 4 is 32.3 Å². The van der Waals surface area contributed by atoms with E-state index in [0.717, 1.165) is 45.2 Å². The van der Waals surface area contributed by atoms with E-state index >= 15 is 0 Å². The Morgan fingerprint density at radius 1 is 0.385 bits per heavy atom. The molecule has 250 valence electrons. The summed E-state index contributed by atoms with van der Waals surface area (Å²) in [5.41, 5.74) is 7.34. The molecule has 0 aliphatic heterocycles. The second-order valence-electron chi connectivity index (χ2n) is 15.8. The van der Waals surface area contributed by atoms with E-state index in [1.807, 2.05) is 0 Å². The van der Waals surface area contributed by atoms with Gasteiger partial charge in [0.15, 0.2) is 17.5 Å². The number of hydrogen-bond acceptors (Lipinski definition) is 3. The SMILES string of the molecule is c1ccc(-c2cccc3c(-c4nc(-c5ccc(C67CC8CC(CC(C8)C6)C7)cc5)nc(-c5cc6ccccc6c6ccccc56)n4)cccc23)cc1. The fourth-order valence-corrected chi connectivity index (χ4v) is 10.8. The van der Waals surface area contributed by atoms with Crippen molar-refractivity contribution < 1.29 is 0 Å². The van der Waals surface area contributed by atoms with Crippen LogP contribution in [-0.2, 0) is 5.41 Å². The van der Waals surface area contributed by atoms with Crippen molar-refractivity contribution in [1.29, 1.82) is 0 Å². The third kappa shape index (κ3) is 4.83. The molecule has 3 heteroatoms. The van der Waals surface area contributed by atoms with Crippen molar-refractivity contribution in [3.05, 3.63) is 151 Å². The standard InChI is InChI=1S/C49H39N3/c1-2-10-34(11-3-1)38-16-8-18-42-41(38)17-9-19-44(42)47-50-46(35-20-22-37(23-21-35)49-28-31-24-32(29-49)26-33(25-31)30-49)51-48(52-47)45-27-36-12-4-5-13-39(36)40-14-6-7-15-43(40)45/h1-23,27,31-33H,24-26,28-30H2. The van der Waals surface area contributed by atoms with Gasteiger partial charge in [0.2, 0.25) is 0 Å². The van der Waals surface area contributed by atoms with Crippen molar-refractivity contribution in [2.24, 2.45) is 17.8 Å². The molecule has 4 fully saturated rings. The number of fused-ring (bicyclic) bond motifs is 4. The predicted octanol–water partition coefficient (Wildman–Crippen LogP) is 12.5. The van der Waals surface area contributed by atoms with Gasteiger partial charge in [-0.15, -0.1) is 0 Å². The zero-order chi connectivity index (χ0) is 34.2. The molecule has 0 saturated heterocycles. The smallest absolute Gasteiger partial charge is 0.164 e. The number of aromatic nitrogens is 3. The van der Waals surface area contributed by atoms with Gasteiger partial charge in [0, 0.05) is 16.7 Å². The summed E-state index contributed by atoms with van der Waals surface area (Å²) in [5.74, 6) is 4.85. The van der Waals surface area contributed by atoms with Gasteiger partial charge in [-0.2, -0.15) is 0 Å². The Balaban J connectivity index is 1.10. The van der Waals surface area contributed by atoms with Gasteiger partial charge in [-0.3, -0.25) is 0 Å². The lowest BCUT2D eigenvalue weighted by Crippen LogP contribution is -2.48. The van der Waals surface area contributed by atoms with Crippen molar-refractivity contribution in [2.45, 2.75) is 43.9 Å². The first-order valence-corrected chi connectivity index (χ1v) is 19.0. The number of benzene rings is 7. The molecule has 4 aliphatic rings. The highest BCUT2D eigenvalue weighted by molar-refractivity contribution is 6.13. The Bertz CT molecular complexity index is 2620. The molecule has 0 atom stereocenters. The second kappa shape index (κ2) is 11.7. The van der Waals surface area contributed by atoms with Gasteiger partial charge in [0.05, 0.1) is 0 Å². The third-order valence-corrected chi connectivity index (χ3v) is 12.7. The molecule has 12 rings (SSSR count). The Kier molecular flexibility index (Phi) is 6.74. The summed E-state index contributed by atoms with van der Waals surface area (Å²) < 4.78 is 0. The van der Waals surface area contributed by atoms with E-state index < -0.39 is 0 Å². The molecule has 4 saturated carbocycles. The summed E-state index contributed by atoms with van der Waals surface area (Å²) in [6, 6.07) is 52.6. The minimum Gasteiger partial charge on any atom is -0.208 e. The van der Waals surface area contributed by atoms with Crippen LogP contribution >= 0.6 is 0 Å². The lowest BCUT2D eigenvalue weighted by atomic mass is 9.48. The van der Waals surface area contributed by atoms with E-state index in [1.165, 1.54) is 76.8 Å². The van der Waals surface area contributed by atoms with Gasteiger partial charge < -0.3 is 0 Å². The second-order valence-corrected chi connectivity index (χ2v) is 15.8. The summed E-state index contributed by atoms with van der Waals surface area (Å²) in [6.45, 7) is 0. The summed E-state index contributed by atoms with van der Waals surface area (Å²) >= 11 is 0. The number of nitrogens with zero attached hydrogens (tertiary/aromatic N) is 3. The molecule has 0 amide bonds. The highest BCUT2D eigenvalue weighted by atomic mass is 15.0. The fourth-order valence-electron chi connectivity index (χ4n) is 10.8. The Labute approximate surface area is 304 Å². The van der Waals surface area contributed by atoms with E-state index in [2.05, 4.69) is 146 Å². The molecule has 0 radical (unpaired) electrons. The zero-order valence-corrected chi connectivity index (χ0v) is 29.2. The lowest BCUT2D eigenvalue weighted by Gasteiger charge is -2.57. The van der Waals surface area contributed by atoms with E-state index in [0.29, 0.717) is 22.9 Å². The molecule has 1 heterocycles. The minimum absolute atomic E-state index is 0.353. The number of rotatable bonds is 5. The molecular weight excluding hydrogens is 631 g/mol. The maximum Gasteiger partial charge on any atom is 0.164 e. The Morgan fingerprint density at radius 2 is 0.904 bits per heavy atom. The van der Waals surface area contributed by atoms with Crippen molar-refractivity contribution in [3.8, 4) is 45.3 Å². The molecule has 7 aromatic carbocycles. The van der Waals surface area contributed by atoms with Crippen molar-refractivity contribution in [2.75, 3.05) is 0 Å². The van der Waals surface area contributed by atoms with Crippen LogP contribution in [0.1, 0.15) is 44.1 Å². The van der Waals surface area contributed by atoms with Gasteiger partial charge in [0.1, 0.15) is 0 Å². The van der Waals surface area contributed by atoms with Crippen LogP contribution in [0.4, 0.5) is 0 Å². The van der Waals surface area contributed by atoms with Crippen LogP contribution in [0.2, 0.25) is 0 Å². The van der Waals surface area contributed by atoms with Crippen LogP contribution in [0, 0.1) is 17.8 Å². The summed E-state index contributed by atoms with van der Waals surface area (Å²) in [6.07, 6.45) is 8.45. The topological polar surface area (TPSA) is 38.7 Å². The first-order valence-electron chi connectivity index (χ1n) is 19.0. The fraction of sp³-hybridized carbons (Fsp3) is 0.204. The zero-order valence-electron chi connectivity index (χ0n) is 29.2. The van der Waals surface area contributed by atoms with E-state index in [-0.39, 0.29) is 0 Å². The van der Waals surface area contributed by atoms with E-state index in [9.17, 15) is 0 Å². The van der Waals surface area contributed by atoms with Crippen LogP contribution in [0.3, 0.4) is 0 Å². The molecule has 4 bridgehead atoms. The van der Waals surface area contributed by atoms with Crippen LogP contribution in [0.25, 0.3) is 77.6 Å². The van der Waals surface area contributed by atoms with E-state index in [1.54, 1.807) is 0 Å². The normalized spacial score (nSPS) is 22.0. The van der Waals surface area contributed by atoms with Gasteiger partial charge in [-0.25, -0.2) is 15.0 Å².